The Bertz CT molecular complexity index is 288. The smallest absolute Gasteiger partial charge is 0.407 e. The number of alkyl halides is 1. The van der Waals surface area contributed by atoms with Crippen molar-refractivity contribution in [1.82, 2.24) is 10.3 Å². The molecule has 17 heavy (non-hydrogen) atoms. The maximum atomic E-state index is 11.7. The van der Waals surface area contributed by atoms with Gasteiger partial charge in [-0.1, -0.05) is 0 Å². The van der Waals surface area contributed by atoms with Crippen molar-refractivity contribution >= 4 is 23.6 Å². The number of nitrogens with zero attached hydrogens (tertiary/aromatic N) is 1. The van der Waals surface area contributed by atoms with Gasteiger partial charge in [0, 0.05) is 18.5 Å². The number of nitrogens with one attached hydrogen (secondary N) is 1. The third kappa shape index (κ3) is 3.47. The van der Waals surface area contributed by atoms with E-state index in [9.17, 15) is 9.59 Å². The lowest BCUT2D eigenvalue weighted by Crippen LogP contribution is -2.47. The monoisotopic (exact) mass is 263 g/mol. The third-order valence-electron chi connectivity index (χ3n) is 3.14. The molecule has 98 valence electrons. The number of carboxylic acid groups (broad SMARTS) is 1. The molecule has 0 radical (unpaired) electrons. The van der Waals surface area contributed by atoms with E-state index < -0.39 is 12.0 Å². The minimum absolute atomic E-state index is 0.278. The topological polar surface area (TPSA) is 95.7 Å². The summed E-state index contributed by atoms with van der Waals surface area (Å²) in [7, 11) is 0. The molecule has 1 saturated heterocycles. The van der Waals surface area contributed by atoms with Crippen molar-refractivity contribution in [2.24, 2.45) is 11.8 Å². The maximum absolute atomic E-state index is 11.7. The van der Waals surface area contributed by atoms with E-state index in [1.807, 2.05) is 0 Å². The summed E-state index contributed by atoms with van der Waals surface area (Å²) in [6.07, 6.45) is 1.73. The Hall–Kier alpha value is -1.01. The fraction of sp³-hybridized carbons (Fsp3) is 0.800. The van der Waals surface area contributed by atoms with Crippen LogP contribution in [0.25, 0.3) is 0 Å². The molecule has 0 aromatic carbocycles. The molecule has 0 aliphatic carbocycles. The molecule has 0 aromatic heterocycles. The summed E-state index contributed by atoms with van der Waals surface area (Å²) in [4.78, 5) is 24.0. The molecular weight excluding hydrogens is 246 g/mol. The van der Waals surface area contributed by atoms with Crippen molar-refractivity contribution < 1.29 is 14.7 Å². The number of rotatable bonds is 5. The van der Waals surface area contributed by atoms with Gasteiger partial charge in [-0.05, 0) is 25.7 Å². The summed E-state index contributed by atoms with van der Waals surface area (Å²) in [6, 6.07) is -0.278. The van der Waals surface area contributed by atoms with E-state index in [4.69, 9.17) is 22.6 Å². The highest BCUT2D eigenvalue weighted by atomic mass is 35.5. The van der Waals surface area contributed by atoms with Crippen LogP contribution in [0.3, 0.4) is 0 Å². The summed E-state index contributed by atoms with van der Waals surface area (Å²) in [5.74, 6) is 4.87. The van der Waals surface area contributed by atoms with E-state index in [2.05, 4.69) is 5.43 Å². The summed E-state index contributed by atoms with van der Waals surface area (Å²) < 4.78 is 0. The molecular formula is C10H18ClN3O3. The zero-order valence-electron chi connectivity index (χ0n) is 9.56. The van der Waals surface area contributed by atoms with Crippen molar-refractivity contribution in [3.05, 3.63) is 0 Å². The second-order valence-corrected chi connectivity index (χ2v) is 4.51. The average Bonchev–Trinajstić information content (AvgIpc) is 2.78. The van der Waals surface area contributed by atoms with Crippen LogP contribution >= 0.6 is 11.6 Å². The van der Waals surface area contributed by atoms with Crippen LogP contribution in [0.4, 0.5) is 4.79 Å². The van der Waals surface area contributed by atoms with Crippen molar-refractivity contribution in [1.29, 1.82) is 0 Å². The van der Waals surface area contributed by atoms with Gasteiger partial charge in [0.05, 0.1) is 5.92 Å². The Labute approximate surface area is 105 Å². The number of hydrazine groups is 1. The van der Waals surface area contributed by atoms with Gasteiger partial charge in [0.1, 0.15) is 0 Å². The molecule has 0 aromatic rings. The first-order valence-corrected chi connectivity index (χ1v) is 6.21. The van der Waals surface area contributed by atoms with E-state index in [1.165, 1.54) is 4.90 Å². The van der Waals surface area contributed by atoms with Crippen LogP contribution < -0.4 is 11.3 Å². The van der Waals surface area contributed by atoms with Gasteiger partial charge in [-0.25, -0.2) is 10.6 Å². The van der Waals surface area contributed by atoms with Gasteiger partial charge >= 0.3 is 6.09 Å². The molecule has 1 rings (SSSR count). The fourth-order valence-corrected chi connectivity index (χ4v) is 2.50. The number of hydrogen-bond donors (Lipinski definition) is 3. The van der Waals surface area contributed by atoms with Crippen LogP contribution in [0.2, 0.25) is 0 Å². The predicted molar refractivity (Wildman–Crippen MR) is 63.5 cm³/mol. The molecule has 1 aliphatic rings. The summed E-state index contributed by atoms with van der Waals surface area (Å²) >= 11 is 5.61. The standard InChI is InChI=1S/C10H18ClN3O3/c11-5-1-3-7(9(15)13-12)8-4-2-6-14(8)10(16)17/h7-8H,1-6,12H2,(H,13,15)(H,16,17). The van der Waals surface area contributed by atoms with Gasteiger partial charge in [-0.2, -0.15) is 0 Å². The van der Waals surface area contributed by atoms with Gasteiger partial charge in [-0.15, -0.1) is 11.6 Å². The number of carbonyl (C=O) groups is 2. The number of hydrogen-bond acceptors (Lipinski definition) is 3. The van der Waals surface area contributed by atoms with E-state index in [1.54, 1.807) is 0 Å². The number of halogens is 1. The van der Waals surface area contributed by atoms with Crippen LogP contribution in [0.5, 0.6) is 0 Å². The van der Waals surface area contributed by atoms with Gasteiger partial charge in [0.2, 0.25) is 5.91 Å². The van der Waals surface area contributed by atoms with Gasteiger partial charge in [-0.3, -0.25) is 10.2 Å². The molecule has 1 aliphatic heterocycles. The van der Waals surface area contributed by atoms with Crippen LogP contribution in [-0.4, -0.2) is 40.5 Å². The minimum atomic E-state index is -0.979. The lowest BCUT2D eigenvalue weighted by Gasteiger charge is -2.28. The Balaban J connectivity index is 2.73. The van der Waals surface area contributed by atoms with Crippen molar-refractivity contribution in [3.8, 4) is 0 Å². The molecule has 4 N–H and O–H groups in total. The van der Waals surface area contributed by atoms with Crippen LogP contribution in [0.15, 0.2) is 0 Å². The highest BCUT2D eigenvalue weighted by molar-refractivity contribution is 6.17. The summed E-state index contributed by atoms with van der Waals surface area (Å²) in [6.45, 7) is 0.481. The van der Waals surface area contributed by atoms with E-state index in [0.717, 1.165) is 6.42 Å². The van der Waals surface area contributed by atoms with Gasteiger partial charge < -0.3 is 10.0 Å². The molecule has 1 fully saturated rings. The van der Waals surface area contributed by atoms with E-state index >= 15 is 0 Å². The molecule has 2 amide bonds. The molecule has 2 unspecified atom stereocenters. The Morgan fingerprint density at radius 3 is 2.82 bits per heavy atom. The molecule has 6 nitrogen and oxygen atoms in total. The zero-order valence-corrected chi connectivity index (χ0v) is 10.3. The highest BCUT2D eigenvalue weighted by Crippen LogP contribution is 2.27. The predicted octanol–water partition coefficient (Wildman–Crippen LogP) is 0.754. The van der Waals surface area contributed by atoms with E-state index in [0.29, 0.717) is 31.7 Å². The normalized spacial score (nSPS) is 21.3. The summed E-state index contributed by atoms with van der Waals surface area (Å²) in [5.41, 5.74) is 2.11. The molecule has 2 atom stereocenters. The average molecular weight is 264 g/mol. The number of amides is 2. The molecule has 0 saturated carbocycles. The zero-order chi connectivity index (χ0) is 12.8. The van der Waals surface area contributed by atoms with Crippen molar-refractivity contribution in [2.75, 3.05) is 12.4 Å². The van der Waals surface area contributed by atoms with Gasteiger partial charge in [0.25, 0.3) is 0 Å². The van der Waals surface area contributed by atoms with Crippen molar-refractivity contribution in [3.63, 3.8) is 0 Å². The lowest BCUT2D eigenvalue weighted by molar-refractivity contribution is -0.127. The van der Waals surface area contributed by atoms with E-state index in [-0.39, 0.29) is 11.9 Å². The Morgan fingerprint density at radius 2 is 2.29 bits per heavy atom. The fourth-order valence-electron chi connectivity index (χ4n) is 2.35. The lowest BCUT2D eigenvalue weighted by atomic mass is 9.92. The van der Waals surface area contributed by atoms with Gasteiger partial charge in [0.15, 0.2) is 0 Å². The second kappa shape index (κ2) is 6.66. The first-order chi connectivity index (χ1) is 8.11. The molecule has 1 heterocycles. The largest absolute Gasteiger partial charge is 0.465 e. The maximum Gasteiger partial charge on any atom is 0.407 e. The summed E-state index contributed by atoms with van der Waals surface area (Å²) in [5, 5.41) is 9.05. The molecule has 0 bridgehead atoms. The number of carbonyl (C=O) groups excluding carboxylic acids is 1. The Kier molecular flexibility index (Phi) is 5.50. The molecule has 0 spiro atoms. The first kappa shape index (κ1) is 14.1. The first-order valence-electron chi connectivity index (χ1n) is 5.67. The highest BCUT2D eigenvalue weighted by Gasteiger charge is 2.37. The van der Waals surface area contributed by atoms with Crippen LogP contribution in [-0.2, 0) is 4.79 Å². The quantitative estimate of drug-likeness (QED) is 0.295. The number of likely N-dealkylation sites (tertiary alicyclic amines) is 1. The SMILES string of the molecule is NNC(=O)C(CCCCl)C1CCCN1C(=O)O. The van der Waals surface area contributed by atoms with Crippen LogP contribution in [0.1, 0.15) is 25.7 Å². The van der Waals surface area contributed by atoms with Crippen LogP contribution in [0, 0.1) is 5.92 Å². The number of nitrogens with two attached hydrogens (primary N) is 1. The second-order valence-electron chi connectivity index (χ2n) is 4.13. The minimum Gasteiger partial charge on any atom is -0.465 e. The van der Waals surface area contributed by atoms with Crippen molar-refractivity contribution in [2.45, 2.75) is 31.7 Å². The third-order valence-corrected chi connectivity index (χ3v) is 3.40. The Morgan fingerprint density at radius 1 is 1.59 bits per heavy atom. The molecule has 7 heteroatoms.